The van der Waals surface area contributed by atoms with Gasteiger partial charge < -0.3 is 10.6 Å². The molecule has 0 atom stereocenters. The molecule has 0 bridgehead atoms. The standard InChI is InChI=1S/C14H32N4/c1-5-14(15,6-2)13-18-11-9-17(10-12-18)8-7-16(3)4/h5-13,15H2,1-4H3. The molecule has 0 aromatic rings. The second-order valence-corrected chi connectivity index (χ2v) is 5.99. The molecule has 1 aliphatic heterocycles. The first kappa shape index (κ1) is 15.9. The van der Waals surface area contributed by atoms with E-state index in [4.69, 9.17) is 5.73 Å². The van der Waals surface area contributed by atoms with Crippen LogP contribution in [0.1, 0.15) is 26.7 Å². The maximum atomic E-state index is 6.40. The van der Waals surface area contributed by atoms with Gasteiger partial charge in [-0.1, -0.05) is 13.8 Å². The van der Waals surface area contributed by atoms with Crippen molar-refractivity contribution in [2.75, 3.05) is 59.9 Å². The van der Waals surface area contributed by atoms with Crippen molar-refractivity contribution >= 4 is 0 Å². The summed E-state index contributed by atoms with van der Waals surface area (Å²) in [6.07, 6.45) is 2.15. The zero-order valence-electron chi connectivity index (χ0n) is 12.8. The van der Waals surface area contributed by atoms with Gasteiger partial charge in [0.05, 0.1) is 0 Å². The highest BCUT2D eigenvalue weighted by molar-refractivity contribution is 4.86. The monoisotopic (exact) mass is 256 g/mol. The lowest BCUT2D eigenvalue weighted by Gasteiger charge is -2.39. The van der Waals surface area contributed by atoms with E-state index in [9.17, 15) is 0 Å². The van der Waals surface area contributed by atoms with Crippen LogP contribution in [0.4, 0.5) is 0 Å². The van der Waals surface area contributed by atoms with Crippen LogP contribution in [0.2, 0.25) is 0 Å². The second-order valence-electron chi connectivity index (χ2n) is 5.99. The van der Waals surface area contributed by atoms with Crippen LogP contribution < -0.4 is 5.73 Å². The Bertz CT molecular complexity index is 218. The van der Waals surface area contributed by atoms with Crippen molar-refractivity contribution in [3.63, 3.8) is 0 Å². The van der Waals surface area contributed by atoms with E-state index < -0.39 is 0 Å². The van der Waals surface area contributed by atoms with E-state index in [1.807, 2.05) is 0 Å². The van der Waals surface area contributed by atoms with E-state index in [-0.39, 0.29) is 5.54 Å². The summed E-state index contributed by atoms with van der Waals surface area (Å²) < 4.78 is 0. The highest BCUT2D eigenvalue weighted by Gasteiger charge is 2.26. The highest BCUT2D eigenvalue weighted by atomic mass is 15.3. The molecule has 0 spiro atoms. The molecule has 4 nitrogen and oxygen atoms in total. The maximum Gasteiger partial charge on any atom is 0.0278 e. The van der Waals surface area contributed by atoms with Gasteiger partial charge in [-0.15, -0.1) is 0 Å². The average molecular weight is 256 g/mol. The Morgan fingerprint density at radius 3 is 1.94 bits per heavy atom. The molecule has 1 heterocycles. The van der Waals surface area contributed by atoms with Gasteiger partial charge in [0.15, 0.2) is 0 Å². The maximum absolute atomic E-state index is 6.40. The summed E-state index contributed by atoms with van der Waals surface area (Å²) in [5, 5.41) is 0. The topological polar surface area (TPSA) is 35.7 Å². The third-order valence-corrected chi connectivity index (χ3v) is 4.28. The zero-order valence-corrected chi connectivity index (χ0v) is 12.8. The lowest BCUT2D eigenvalue weighted by molar-refractivity contribution is 0.103. The van der Waals surface area contributed by atoms with Crippen LogP contribution in [0.25, 0.3) is 0 Å². The molecule has 0 radical (unpaired) electrons. The Morgan fingerprint density at radius 2 is 1.50 bits per heavy atom. The summed E-state index contributed by atoms with van der Waals surface area (Å²) in [6, 6.07) is 0. The van der Waals surface area contributed by atoms with Gasteiger partial charge in [-0.2, -0.15) is 0 Å². The minimum atomic E-state index is 0.0196. The Morgan fingerprint density at radius 1 is 1.00 bits per heavy atom. The van der Waals surface area contributed by atoms with Gasteiger partial charge in [0.2, 0.25) is 0 Å². The average Bonchev–Trinajstić information content (AvgIpc) is 2.37. The summed E-state index contributed by atoms with van der Waals surface area (Å²) in [6.45, 7) is 12.5. The summed E-state index contributed by atoms with van der Waals surface area (Å²) in [5.74, 6) is 0. The number of hydrogen-bond donors (Lipinski definition) is 1. The van der Waals surface area contributed by atoms with Gasteiger partial charge in [-0.05, 0) is 26.9 Å². The molecule has 0 aromatic carbocycles. The smallest absolute Gasteiger partial charge is 0.0278 e. The van der Waals surface area contributed by atoms with E-state index in [0.717, 1.165) is 25.9 Å². The summed E-state index contributed by atoms with van der Waals surface area (Å²) >= 11 is 0. The Labute approximate surface area is 113 Å². The van der Waals surface area contributed by atoms with E-state index in [2.05, 4.69) is 42.6 Å². The van der Waals surface area contributed by atoms with Crippen molar-refractivity contribution in [1.29, 1.82) is 0 Å². The fourth-order valence-corrected chi connectivity index (χ4v) is 2.43. The van der Waals surface area contributed by atoms with Crippen LogP contribution in [-0.2, 0) is 0 Å². The van der Waals surface area contributed by atoms with Gasteiger partial charge in [-0.3, -0.25) is 9.80 Å². The first-order chi connectivity index (χ1) is 8.49. The third-order valence-electron chi connectivity index (χ3n) is 4.28. The molecular formula is C14H32N4. The lowest BCUT2D eigenvalue weighted by atomic mass is 9.93. The molecular weight excluding hydrogens is 224 g/mol. The molecule has 1 saturated heterocycles. The second kappa shape index (κ2) is 7.43. The van der Waals surface area contributed by atoms with Gasteiger partial charge in [-0.25, -0.2) is 0 Å². The number of nitrogens with zero attached hydrogens (tertiary/aromatic N) is 3. The summed E-state index contributed by atoms with van der Waals surface area (Å²) in [5.41, 5.74) is 6.42. The minimum Gasteiger partial charge on any atom is -0.324 e. The predicted octanol–water partition coefficient (Wildman–Crippen LogP) is 0.683. The normalized spacial score (nSPS) is 19.7. The van der Waals surface area contributed by atoms with E-state index >= 15 is 0 Å². The van der Waals surface area contributed by atoms with Crippen molar-refractivity contribution in [3.8, 4) is 0 Å². The third kappa shape index (κ3) is 5.22. The van der Waals surface area contributed by atoms with Crippen LogP contribution >= 0.6 is 0 Å². The first-order valence-corrected chi connectivity index (χ1v) is 7.37. The van der Waals surface area contributed by atoms with Crippen LogP contribution in [-0.4, -0.2) is 80.1 Å². The van der Waals surface area contributed by atoms with Crippen LogP contribution in [0.15, 0.2) is 0 Å². The van der Waals surface area contributed by atoms with E-state index in [1.165, 1.54) is 32.7 Å². The van der Waals surface area contributed by atoms with Crippen LogP contribution in [0, 0.1) is 0 Å². The number of piperazine rings is 1. The number of likely N-dealkylation sites (N-methyl/N-ethyl adjacent to an activating group) is 1. The molecule has 2 N–H and O–H groups in total. The van der Waals surface area contributed by atoms with Gasteiger partial charge in [0, 0.05) is 51.4 Å². The summed E-state index contributed by atoms with van der Waals surface area (Å²) in [4.78, 5) is 7.36. The molecule has 18 heavy (non-hydrogen) atoms. The van der Waals surface area contributed by atoms with Gasteiger partial charge in [0.25, 0.3) is 0 Å². The fraction of sp³-hybridized carbons (Fsp3) is 1.00. The molecule has 1 rings (SSSR count). The minimum absolute atomic E-state index is 0.0196. The van der Waals surface area contributed by atoms with Gasteiger partial charge in [0.1, 0.15) is 0 Å². The first-order valence-electron chi connectivity index (χ1n) is 7.37. The molecule has 108 valence electrons. The molecule has 1 fully saturated rings. The zero-order chi connectivity index (χ0) is 13.6. The Hall–Kier alpha value is -0.160. The van der Waals surface area contributed by atoms with Crippen molar-refractivity contribution in [2.45, 2.75) is 32.2 Å². The predicted molar refractivity (Wildman–Crippen MR) is 78.9 cm³/mol. The van der Waals surface area contributed by atoms with Crippen LogP contribution in [0.5, 0.6) is 0 Å². The molecule has 0 unspecified atom stereocenters. The highest BCUT2D eigenvalue weighted by Crippen LogP contribution is 2.14. The molecule has 4 heteroatoms. The van der Waals surface area contributed by atoms with E-state index in [1.54, 1.807) is 0 Å². The number of rotatable bonds is 7. The largest absolute Gasteiger partial charge is 0.324 e. The number of hydrogen-bond acceptors (Lipinski definition) is 4. The van der Waals surface area contributed by atoms with Crippen LogP contribution in [0.3, 0.4) is 0 Å². The quantitative estimate of drug-likeness (QED) is 0.727. The molecule has 0 aromatic heterocycles. The Kier molecular flexibility index (Phi) is 6.57. The number of nitrogens with two attached hydrogens (primary N) is 1. The molecule has 0 aliphatic carbocycles. The van der Waals surface area contributed by atoms with Crippen molar-refractivity contribution < 1.29 is 0 Å². The van der Waals surface area contributed by atoms with E-state index in [0.29, 0.717) is 0 Å². The molecule has 1 aliphatic rings. The molecule has 0 saturated carbocycles. The molecule has 0 amide bonds. The van der Waals surface area contributed by atoms with Crippen molar-refractivity contribution in [2.24, 2.45) is 5.73 Å². The van der Waals surface area contributed by atoms with Crippen molar-refractivity contribution in [3.05, 3.63) is 0 Å². The van der Waals surface area contributed by atoms with Crippen molar-refractivity contribution in [1.82, 2.24) is 14.7 Å². The fourth-order valence-electron chi connectivity index (χ4n) is 2.43. The van der Waals surface area contributed by atoms with Gasteiger partial charge >= 0.3 is 0 Å². The lowest BCUT2D eigenvalue weighted by Crippen LogP contribution is -2.55. The SMILES string of the molecule is CCC(N)(CC)CN1CCN(CCN(C)C)CC1. The summed E-state index contributed by atoms with van der Waals surface area (Å²) in [7, 11) is 4.28. The Balaban J connectivity index is 2.26.